The van der Waals surface area contributed by atoms with E-state index < -0.39 is 0 Å². The molecule has 1 aromatic rings. The van der Waals surface area contributed by atoms with Gasteiger partial charge >= 0.3 is 0 Å². The minimum Gasteiger partial charge on any atom is -0.369 e. The molecule has 1 saturated heterocycles. The normalized spacial score (nSPS) is 19.2. The standard InChI is InChI=1S/C16H23N3O2/c1-11-5-6-14(12(2)8-11)18-15(20)10-19-7-3-4-13(9-19)16(17)21/h5-6,8,13H,3-4,7,9-10H2,1-2H3,(H2,17,21)(H,18,20)/t13-/m0/s1. The Hall–Kier alpha value is -1.88. The van der Waals surface area contributed by atoms with Crippen LogP contribution in [0.25, 0.3) is 0 Å². The highest BCUT2D eigenvalue weighted by atomic mass is 16.2. The van der Waals surface area contributed by atoms with Gasteiger partial charge in [0.2, 0.25) is 11.8 Å². The Bertz CT molecular complexity index is 542. The SMILES string of the molecule is Cc1ccc(NC(=O)CN2CCC[C@H](C(N)=O)C2)c(C)c1. The Morgan fingerprint density at radius 1 is 1.38 bits per heavy atom. The highest BCUT2D eigenvalue weighted by molar-refractivity contribution is 5.93. The minimum absolute atomic E-state index is 0.0490. The van der Waals surface area contributed by atoms with Crippen molar-refractivity contribution in [1.29, 1.82) is 0 Å². The molecule has 0 unspecified atom stereocenters. The van der Waals surface area contributed by atoms with Crippen molar-refractivity contribution in [3.63, 3.8) is 0 Å². The van der Waals surface area contributed by atoms with Crippen molar-refractivity contribution in [3.8, 4) is 0 Å². The van der Waals surface area contributed by atoms with Crippen molar-refractivity contribution < 1.29 is 9.59 Å². The van der Waals surface area contributed by atoms with Crippen molar-refractivity contribution >= 4 is 17.5 Å². The van der Waals surface area contributed by atoms with Crippen LogP contribution >= 0.6 is 0 Å². The van der Waals surface area contributed by atoms with Gasteiger partial charge in [-0.2, -0.15) is 0 Å². The third-order valence-corrected chi connectivity index (χ3v) is 3.93. The number of hydrogen-bond acceptors (Lipinski definition) is 3. The smallest absolute Gasteiger partial charge is 0.238 e. The summed E-state index contributed by atoms with van der Waals surface area (Å²) in [6.45, 7) is 5.72. The number of nitrogens with zero attached hydrogens (tertiary/aromatic N) is 1. The summed E-state index contributed by atoms with van der Waals surface area (Å²) >= 11 is 0. The monoisotopic (exact) mass is 289 g/mol. The molecule has 0 bridgehead atoms. The number of piperidine rings is 1. The van der Waals surface area contributed by atoms with Gasteiger partial charge in [0, 0.05) is 12.2 Å². The van der Waals surface area contributed by atoms with E-state index in [1.54, 1.807) is 0 Å². The number of carbonyl (C=O) groups excluding carboxylic acids is 2. The van der Waals surface area contributed by atoms with Crippen LogP contribution in [0.1, 0.15) is 24.0 Å². The van der Waals surface area contributed by atoms with Crippen LogP contribution in [0, 0.1) is 19.8 Å². The maximum Gasteiger partial charge on any atom is 0.238 e. The number of anilines is 1. The predicted molar refractivity (Wildman–Crippen MR) is 82.9 cm³/mol. The second-order valence-corrected chi connectivity index (χ2v) is 5.84. The van der Waals surface area contributed by atoms with Crippen LogP contribution in [0.2, 0.25) is 0 Å². The number of primary amides is 1. The number of carbonyl (C=O) groups is 2. The summed E-state index contributed by atoms with van der Waals surface area (Å²) in [7, 11) is 0. The maximum atomic E-state index is 12.1. The number of benzene rings is 1. The third-order valence-electron chi connectivity index (χ3n) is 3.93. The third kappa shape index (κ3) is 4.29. The molecule has 0 radical (unpaired) electrons. The van der Waals surface area contributed by atoms with Gasteiger partial charge in [-0.05, 0) is 44.9 Å². The second kappa shape index (κ2) is 6.72. The van der Waals surface area contributed by atoms with Gasteiger partial charge in [-0.15, -0.1) is 0 Å². The molecule has 0 saturated carbocycles. The van der Waals surface area contributed by atoms with E-state index in [2.05, 4.69) is 5.32 Å². The molecule has 0 aliphatic carbocycles. The van der Waals surface area contributed by atoms with Crippen molar-refractivity contribution in [2.75, 3.05) is 25.0 Å². The fourth-order valence-electron chi connectivity index (χ4n) is 2.78. The van der Waals surface area contributed by atoms with Gasteiger partial charge in [0.15, 0.2) is 0 Å². The average molecular weight is 289 g/mol. The quantitative estimate of drug-likeness (QED) is 0.880. The molecule has 3 N–H and O–H groups in total. The zero-order chi connectivity index (χ0) is 15.4. The van der Waals surface area contributed by atoms with Gasteiger partial charge in [-0.3, -0.25) is 14.5 Å². The van der Waals surface area contributed by atoms with E-state index >= 15 is 0 Å². The molecule has 114 valence electrons. The van der Waals surface area contributed by atoms with Crippen LogP contribution in [-0.2, 0) is 9.59 Å². The van der Waals surface area contributed by atoms with Crippen LogP contribution in [-0.4, -0.2) is 36.3 Å². The molecule has 1 atom stereocenters. The van der Waals surface area contributed by atoms with E-state index in [4.69, 9.17) is 5.73 Å². The van der Waals surface area contributed by atoms with Gasteiger partial charge in [0.1, 0.15) is 0 Å². The molecule has 2 amide bonds. The summed E-state index contributed by atoms with van der Waals surface area (Å²) in [6, 6.07) is 5.94. The number of amides is 2. The van der Waals surface area contributed by atoms with E-state index in [9.17, 15) is 9.59 Å². The number of hydrogen-bond donors (Lipinski definition) is 2. The van der Waals surface area contributed by atoms with Crippen molar-refractivity contribution in [2.45, 2.75) is 26.7 Å². The first-order valence-corrected chi connectivity index (χ1v) is 7.34. The van der Waals surface area contributed by atoms with Crippen LogP contribution in [0.4, 0.5) is 5.69 Å². The summed E-state index contributed by atoms with van der Waals surface area (Å²) in [5.74, 6) is -0.450. The lowest BCUT2D eigenvalue weighted by atomic mass is 9.97. The lowest BCUT2D eigenvalue weighted by molar-refractivity contribution is -0.125. The fourth-order valence-corrected chi connectivity index (χ4v) is 2.78. The molecule has 1 fully saturated rings. The van der Waals surface area contributed by atoms with Crippen LogP contribution in [0.15, 0.2) is 18.2 Å². The lowest BCUT2D eigenvalue weighted by Gasteiger charge is -2.30. The zero-order valence-electron chi connectivity index (χ0n) is 12.7. The average Bonchev–Trinajstić information content (AvgIpc) is 2.42. The molecular formula is C16H23N3O2. The highest BCUT2D eigenvalue weighted by Gasteiger charge is 2.25. The first-order valence-electron chi connectivity index (χ1n) is 7.34. The van der Waals surface area contributed by atoms with Gasteiger partial charge < -0.3 is 11.1 Å². The summed E-state index contributed by atoms with van der Waals surface area (Å²) in [5, 5.41) is 2.93. The van der Waals surface area contributed by atoms with Gasteiger partial charge in [-0.1, -0.05) is 17.7 Å². The van der Waals surface area contributed by atoms with Crippen LogP contribution < -0.4 is 11.1 Å². The zero-order valence-corrected chi connectivity index (χ0v) is 12.7. The molecule has 1 aliphatic rings. The molecule has 1 aromatic carbocycles. The van der Waals surface area contributed by atoms with Crippen molar-refractivity contribution in [2.24, 2.45) is 11.7 Å². The van der Waals surface area contributed by atoms with E-state index in [0.717, 1.165) is 30.6 Å². The van der Waals surface area contributed by atoms with E-state index in [1.165, 1.54) is 5.56 Å². The number of nitrogens with one attached hydrogen (secondary N) is 1. The number of nitrogens with two attached hydrogens (primary N) is 1. The molecule has 2 rings (SSSR count). The summed E-state index contributed by atoms with van der Waals surface area (Å²) in [6.07, 6.45) is 1.73. The number of aryl methyl sites for hydroxylation is 2. The van der Waals surface area contributed by atoms with E-state index in [1.807, 2.05) is 36.9 Å². The van der Waals surface area contributed by atoms with Crippen molar-refractivity contribution in [1.82, 2.24) is 4.90 Å². The molecule has 0 aromatic heterocycles. The van der Waals surface area contributed by atoms with Crippen LogP contribution in [0.3, 0.4) is 0 Å². The van der Waals surface area contributed by atoms with Crippen LogP contribution in [0.5, 0.6) is 0 Å². The highest BCUT2D eigenvalue weighted by Crippen LogP contribution is 2.18. The maximum absolute atomic E-state index is 12.1. The molecular weight excluding hydrogens is 266 g/mol. The fraction of sp³-hybridized carbons (Fsp3) is 0.500. The largest absolute Gasteiger partial charge is 0.369 e. The molecule has 21 heavy (non-hydrogen) atoms. The van der Waals surface area contributed by atoms with Crippen molar-refractivity contribution in [3.05, 3.63) is 29.3 Å². The summed E-state index contributed by atoms with van der Waals surface area (Å²) in [5.41, 5.74) is 8.42. The molecule has 0 spiro atoms. The lowest BCUT2D eigenvalue weighted by Crippen LogP contribution is -2.44. The summed E-state index contributed by atoms with van der Waals surface area (Å²) in [4.78, 5) is 25.4. The summed E-state index contributed by atoms with van der Waals surface area (Å²) < 4.78 is 0. The molecule has 1 aliphatic heterocycles. The number of likely N-dealkylation sites (tertiary alicyclic amines) is 1. The Labute approximate surface area is 125 Å². The van der Waals surface area contributed by atoms with Gasteiger partial charge in [0.25, 0.3) is 0 Å². The first-order chi connectivity index (χ1) is 9.95. The Morgan fingerprint density at radius 2 is 2.14 bits per heavy atom. The Morgan fingerprint density at radius 3 is 2.81 bits per heavy atom. The molecule has 5 heteroatoms. The molecule has 5 nitrogen and oxygen atoms in total. The first kappa shape index (κ1) is 15.5. The minimum atomic E-state index is -0.269. The van der Waals surface area contributed by atoms with E-state index in [-0.39, 0.29) is 17.7 Å². The van der Waals surface area contributed by atoms with Gasteiger partial charge in [0.05, 0.1) is 12.5 Å². The Kier molecular flexibility index (Phi) is 4.96. The van der Waals surface area contributed by atoms with E-state index in [0.29, 0.717) is 13.1 Å². The van der Waals surface area contributed by atoms with Gasteiger partial charge in [-0.25, -0.2) is 0 Å². The predicted octanol–water partition coefficient (Wildman–Crippen LogP) is 1.44. The Balaban J connectivity index is 1.91. The second-order valence-electron chi connectivity index (χ2n) is 5.84. The molecule has 1 heterocycles. The number of rotatable bonds is 4. The topological polar surface area (TPSA) is 75.4 Å².